The van der Waals surface area contributed by atoms with Gasteiger partial charge in [-0.1, -0.05) is 34.1 Å². The molecule has 3 amide bonds. The highest BCUT2D eigenvalue weighted by Gasteiger charge is 2.33. The Labute approximate surface area is 200 Å². The van der Waals surface area contributed by atoms with Crippen LogP contribution >= 0.6 is 0 Å². The summed E-state index contributed by atoms with van der Waals surface area (Å²) in [5.41, 5.74) is 11.2. The number of nitrogens with one attached hydrogen (secondary N) is 3. The lowest BCUT2D eigenvalue weighted by atomic mass is 9.95. The van der Waals surface area contributed by atoms with Crippen LogP contribution in [0.2, 0.25) is 0 Å². The SMILES string of the molecule is CC[C@H](C)[C@H](NC(=O)[C@@H](N)CCC(=O)O)C(=O)N[C@H](C(=O)N[C@@H](CCCCN)C(=O)O)C(C)C. The van der Waals surface area contributed by atoms with Crippen LogP contribution in [0.5, 0.6) is 0 Å². The Morgan fingerprint density at radius 2 is 1.38 bits per heavy atom. The number of carbonyl (C=O) groups is 5. The van der Waals surface area contributed by atoms with Gasteiger partial charge in [-0.05, 0) is 44.1 Å². The smallest absolute Gasteiger partial charge is 0.326 e. The van der Waals surface area contributed by atoms with Crippen LogP contribution in [0.4, 0.5) is 0 Å². The Bertz CT molecular complexity index is 701. The Morgan fingerprint density at radius 3 is 1.85 bits per heavy atom. The quantitative estimate of drug-likeness (QED) is 0.132. The molecule has 0 radical (unpaired) electrons. The molecule has 0 heterocycles. The summed E-state index contributed by atoms with van der Waals surface area (Å²) < 4.78 is 0. The normalized spacial score (nSPS) is 15.5. The van der Waals surface area contributed by atoms with Gasteiger partial charge in [-0.25, -0.2) is 4.79 Å². The molecule has 0 unspecified atom stereocenters. The number of aliphatic carboxylic acids is 2. The van der Waals surface area contributed by atoms with Crippen LogP contribution in [0.3, 0.4) is 0 Å². The molecule has 0 aromatic heterocycles. The molecule has 12 heteroatoms. The molecule has 0 fully saturated rings. The van der Waals surface area contributed by atoms with Gasteiger partial charge in [-0.3, -0.25) is 19.2 Å². The standard InChI is InChI=1S/C22H41N5O7/c1-5-13(4)18(27-19(30)14(24)9-10-16(28)29)21(32)26-17(12(2)3)20(31)25-15(22(33)34)8-6-7-11-23/h12-15,17-18H,5-11,23-24H2,1-4H3,(H,25,31)(H,26,32)(H,27,30)(H,28,29)(H,33,34)/t13-,14-,15-,17-,18-/m0/s1. The van der Waals surface area contributed by atoms with Crippen molar-refractivity contribution in [3.05, 3.63) is 0 Å². The van der Waals surface area contributed by atoms with Crippen molar-refractivity contribution in [2.75, 3.05) is 6.54 Å². The highest BCUT2D eigenvalue weighted by atomic mass is 16.4. The first-order valence-electron chi connectivity index (χ1n) is 11.7. The lowest BCUT2D eigenvalue weighted by Gasteiger charge is -2.29. The molecule has 0 aromatic rings. The maximum Gasteiger partial charge on any atom is 0.326 e. The van der Waals surface area contributed by atoms with Crippen molar-refractivity contribution in [1.29, 1.82) is 0 Å². The molecular formula is C22H41N5O7. The number of nitrogens with two attached hydrogens (primary N) is 2. The van der Waals surface area contributed by atoms with E-state index in [0.29, 0.717) is 25.8 Å². The first-order valence-corrected chi connectivity index (χ1v) is 11.7. The van der Waals surface area contributed by atoms with Crippen LogP contribution in [0.15, 0.2) is 0 Å². The molecule has 0 aliphatic carbocycles. The molecule has 34 heavy (non-hydrogen) atoms. The second-order valence-electron chi connectivity index (χ2n) is 8.82. The van der Waals surface area contributed by atoms with E-state index in [1.807, 2.05) is 6.92 Å². The van der Waals surface area contributed by atoms with Gasteiger partial charge in [0, 0.05) is 6.42 Å². The summed E-state index contributed by atoms with van der Waals surface area (Å²) in [4.78, 5) is 60.6. The zero-order valence-corrected chi connectivity index (χ0v) is 20.5. The van der Waals surface area contributed by atoms with E-state index in [1.54, 1.807) is 20.8 Å². The lowest BCUT2D eigenvalue weighted by Crippen LogP contribution is -2.59. The van der Waals surface area contributed by atoms with E-state index in [2.05, 4.69) is 16.0 Å². The summed E-state index contributed by atoms with van der Waals surface area (Å²) in [5, 5.41) is 25.8. The molecule has 0 aliphatic rings. The first kappa shape index (κ1) is 31.3. The summed E-state index contributed by atoms with van der Waals surface area (Å²) in [7, 11) is 0. The minimum atomic E-state index is -1.18. The Balaban J connectivity index is 5.39. The molecule has 196 valence electrons. The third-order valence-corrected chi connectivity index (χ3v) is 5.61. The van der Waals surface area contributed by atoms with Crippen molar-refractivity contribution in [1.82, 2.24) is 16.0 Å². The van der Waals surface area contributed by atoms with Crippen molar-refractivity contribution in [2.24, 2.45) is 23.3 Å². The average Bonchev–Trinajstić information content (AvgIpc) is 2.77. The number of carbonyl (C=O) groups excluding carboxylic acids is 3. The van der Waals surface area contributed by atoms with Crippen LogP contribution < -0.4 is 27.4 Å². The Kier molecular flexibility index (Phi) is 14.7. The largest absolute Gasteiger partial charge is 0.481 e. The van der Waals surface area contributed by atoms with Crippen molar-refractivity contribution in [3.8, 4) is 0 Å². The van der Waals surface area contributed by atoms with Gasteiger partial charge >= 0.3 is 11.9 Å². The molecule has 0 rings (SSSR count). The molecule has 9 N–H and O–H groups in total. The molecule has 0 bridgehead atoms. The molecule has 0 aliphatic heterocycles. The van der Waals surface area contributed by atoms with Crippen LogP contribution in [0.1, 0.15) is 66.2 Å². The van der Waals surface area contributed by atoms with Gasteiger partial charge in [-0.15, -0.1) is 0 Å². The monoisotopic (exact) mass is 487 g/mol. The molecular weight excluding hydrogens is 446 g/mol. The topological polar surface area (TPSA) is 214 Å². The second-order valence-corrected chi connectivity index (χ2v) is 8.82. The lowest BCUT2D eigenvalue weighted by molar-refractivity contribution is -0.143. The van der Waals surface area contributed by atoms with E-state index >= 15 is 0 Å². The molecule has 0 saturated heterocycles. The van der Waals surface area contributed by atoms with E-state index in [9.17, 15) is 29.1 Å². The van der Waals surface area contributed by atoms with Crippen molar-refractivity contribution >= 4 is 29.7 Å². The van der Waals surface area contributed by atoms with Crippen LogP contribution in [-0.4, -0.2) is 70.6 Å². The van der Waals surface area contributed by atoms with Gasteiger partial charge in [-0.2, -0.15) is 0 Å². The van der Waals surface area contributed by atoms with Gasteiger partial charge in [0.25, 0.3) is 0 Å². The Hall–Kier alpha value is -2.73. The van der Waals surface area contributed by atoms with Crippen LogP contribution in [-0.2, 0) is 24.0 Å². The summed E-state index contributed by atoms with van der Waals surface area (Å²) in [5.74, 6) is -4.87. The van der Waals surface area contributed by atoms with Crippen molar-refractivity contribution < 1.29 is 34.2 Å². The first-order chi connectivity index (χ1) is 15.8. The zero-order valence-electron chi connectivity index (χ0n) is 20.5. The molecule has 0 saturated carbocycles. The summed E-state index contributed by atoms with van der Waals surface area (Å²) >= 11 is 0. The van der Waals surface area contributed by atoms with Crippen molar-refractivity contribution in [2.45, 2.75) is 90.4 Å². The molecule has 5 atom stereocenters. The van der Waals surface area contributed by atoms with Gasteiger partial charge in [0.15, 0.2) is 0 Å². The number of hydrogen-bond acceptors (Lipinski definition) is 7. The third-order valence-electron chi connectivity index (χ3n) is 5.61. The fourth-order valence-corrected chi connectivity index (χ4v) is 3.16. The maximum atomic E-state index is 13.0. The predicted octanol–water partition coefficient (Wildman–Crippen LogP) is -0.451. The highest BCUT2D eigenvalue weighted by molar-refractivity contribution is 5.94. The van der Waals surface area contributed by atoms with E-state index in [4.69, 9.17) is 16.6 Å². The summed E-state index contributed by atoms with van der Waals surface area (Å²) in [6, 6.07) is -4.27. The number of carboxylic acids is 2. The highest BCUT2D eigenvalue weighted by Crippen LogP contribution is 2.12. The van der Waals surface area contributed by atoms with E-state index in [-0.39, 0.29) is 31.1 Å². The van der Waals surface area contributed by atoms with Crippen molar-refractivity contribution in [3.63, 3.8) is 0 Å². The van der Waals surface area contributed by atoms with Gasteiger partial charge < -0.3 is 37.6 Å². The number of rotatable bonds is 17. The Morgan fingerprint density at radius 1 is 0.824 bits per heavy atom. The fraction of sp³-hybridized carbons (Fsp3) is 0.773. The number of carboxylic acid groups (broad SMARTS) is 2. The third kappa shape index (κ3) is 11.4. The average molecular weight is 488 g/mol. The van der Waals surface area contributed by atoms with E-state index < -0.39 is 53.8 Å². The fourth-order valence-electron chi connectivity index (χ4n) is 3.16. The molecule has 0 aromatic carbocycles. The minimum Gasteiger partial charge on any atom is -0.481 e. The second kappa shape index (κ2) is 16.0. The molecule has 12 nitrogen and oxygen atoms in total. The minimum absolute atomic E-state index is 0.0895. The summed E-state index contributed by atoms with van der Waals surface area (Å²) in [6.07, 6.45) is 1.50. The van der Waals surface area contributed by atoms with Gasteiger partial charge in [0.1, 0.15) is 18.1 Å². The van der Waals surface area contributed by atoms with E-state index in [0.717, 1.165) is 0 Å². The van der Waals surface area contributed by atoms with E-state index in [1.165, 1.54) is 0 Å². The van der Waals surface area contributed by atoms with Gasteiger partial charge in [0.05, 0.1) is 6.04 Å². The zero-order chi connectivity index (χ0) is 26.4. The maximum absolute atomic E-state index is 13.0. The molecule has 0 spiro atoms. The van der Waals surface area contributed by atoms with Crippen LogP contribution in [0.25, 0.3) is 0 Å². The number of amides is 3. The summed E-state index contributed by atoms with van der Waals surface area (Å²) in [6.45, 7) is 7.39. The number of unbranched alkanes of at least 4 members (excludes halogenated alkanes) is 1. The van der Waals surface area contributed by atoms with Gasteiger partial charge in [0.2, 0.25) is 17.7 Å². The number of hydrogen-bond donors (Lipinski definition) is 7. The van der Waals surface area contributed by atoms with Crippen LogP contribution in [0, 0.1) is 11.8 Å². The predicted molar refractivity (Wildman–Crippen MR) is 125 cm³/mol.